The molecule has 1 N–H and O–H groups in total. The average molecular weight is 372 g/mol. The van der Waals surface area contributed by atoms with E-state index in [9.17, 15) is 9.59 Å². The lowest BCUT2D eigenvalue weighted by molar-refractivity contribution is -0.114. The highest BCUT2D eigenvalue weighted by atomic mass is 32.2. The molecule has 4 nitrogen and oxygen atoms in total. The van der Waals surface area contributed by atoms with E-state index in [2.05, 4.69) is 5.32 Å². The molecule has 1 saturated heterocycles. The van der Waals surface area contributed by atoms with Crippen molar-refractivity contribution in [3.05, 3.63) is 0 Å². The minimum Gasteiger partial charge on any atom is -0.444 e. The molecule has 0 aromatic carbocycles. The van der Waals surface area contributed by atoms with E-state index >= 15 is 0 Å². The molecular weight excluding hydrogens is 334 g/mol. The second kappa shape index (κ2) is 12.6. The van der Waals surface area contributed by atoms with Gasteiger partial charge in [0.25, 0.3) is 0 Å². The maximum absolute atomic E-state index is 11.5. The molecule has 0 radical (unpaired) electrons. The predicted octanol–water partition coefficient (Wildman–Crippen LogP) is 5.69. The van der Waals surface area contributed by atoms with Gasteiger partial charge in [-0.05, 0) is 40.0 Å². The molecule has 146 valence electrons. The van der Waals surface area contributed by atoms with Crippen molar-refractivity contribution in [2.75, 3.05) is 12.3 Å². The Morgan fingerprint density at radius 2 is 1.60 bits per heavy atom. The summed E-state index contributed by atoms with van der Waals surface area (Å²) >= 11 is 1.52. The third kappa shape index (κ3) is 12.3. The zero-order chi connectivity index (χ0) is 18.5. The van der Waals surface area contributed by atoms with E-state index in [0.29, 0.717) is 17.6 Å². The monoisotopic (exact) mass is 371 g/mol. The second-order valence-electron chi connectivity index (χ2n) is 8.05. The number of carbonyl (C=O) groups is 2. The van der Waals surface area contributed by atoms with Crippen LogP contribution < -0.4 is 5.32 Å². The Labute approximate surface area is 158 Å². The lowest BCUT2D eigenvalue weighted by Crippen LogP contribution is -2.32. The van der Waals surface area contributed by atoms with Gasteiger partial charge in [-0.1, -0.05) is 63.1 Å². The number of alkyl carbamates (subject to hydrolysis) is 1. The molecule has 0 aliphatic carbocycles. The molecule has 25 heavy (non-hydrogen) atoms. The van der Waals surface area contributed by atoms with Crippen LogP contribution in [0.25, 0.3) is 0 Å². The second-order valence-corrected chi connectivity index (χ2v) is 9.15. The number of rotatable bonds is 12. The van der Waals surface area contributed by atoms with Gasteiger partial charge >= 0.3 is 6.09 Å². The van der Waals surface area contributed by atoms with Crippen LogP contribution in [0.3, 0.4) is 0 Å². The number of amides is 1. The van der Waals surface area contributed by atoms with E-state index in [-0.39, 0.29) is 6.09 Å². The summed E-state index contributed by atoms with van der Waals surface area (Å²) in [6.07, 6.45) is 13.0. The Hall–Kier alpha value is -0.710. The van der Waals surface area contributed by atoms with Crippen LogP contribution in [0.5, 0.6) is 0 Å². The third-order valence-electron chi connectivity index (χ3n) is 4.44. The Morgan fingerprint density at radius 1 is 1.04 bits per heavy atom. The summed E-state index contributed by atoms with van der Waals surface area (Å²) in [4.78, 5) is 23.0. The molecule has 1 unspecified atom stereocenters. The molecule has 0 aromatic rings. The van der Waals surface area contributed by atoms with Crippen LogP contribution >= 0.6 is 11.8 Å². The summed E-state index contributed by atoms with van der Waals surface area (Å²) < 4.78 is 5.20. The molecule has 0 spiro atoms. The van der Waals surface area contributed by atoms with Gasteiger partial charge in [-0.25, -0.2) is 4.79 Å². The van der Waals surface area contributed by atoms with E-state index in [4.69, 9.17) is 4.74 Å². The molecule has 1 rings (SSSR count). The van der Waals surface area contributed by atoms with Crippen molar-refractivity contribution in [3.8, 4) is 0 Å². The smallest absolute Gasteiger partial charge is 0.407 e. The Kier molecular flexibility index (Phi) is 11.3. The van der Waals surface area contributed by atoms with E-state index in [0.717, 1.165) is 31.4 Å². The Bertz CT molecular complexity index is 393. The van der Waals surface area contributed by atoms with Crippen molar-refractivity contribution in [2.24, 2.45) is 5.92 Å². The van der Waals surface area contributed by atoms with Crippen LogP contribution in [0.1, 0.15) is 91.4 Å². The van der Waals surface area contributed by atoms with Crippen molar-refractivity contribution in [3.63, 3.8) is 0 Å². The molecule has 0 bridgehead atoms. The summed E-state index contributed by atoms with van der Waals surface area (Å²) in [6.45, 7) is 6.33. The van der Waals surface area contributed by atoms with E-state index in [1.807, 2.05) is 20.8 Å². The van der Waals surface area contributed by atoms with Gasteiger partial charge in [-0.3, -0.25) is 4.79 Å². The number of hydrogen-bond acceptors (Lipinski definition) is 4. The predicted molar refractivity (Wildman–Crippen MR) is 106 cm³/mol. The summed E-state index contributed by atoms with van der Waals surface area (Å²) in [5.74, 6) is 1.40. The maximum atomic E-state index is 11.5. The van der Waals surface area contributed by atoms with Crippen LogP contribution in [-0.2, 0) is 9.53 Å². The van der Waals surface area contributed by atoms with Gasteiger partial charge in [0.2, 0.25) is 0 Å². The van der Waals surface area contributed by atoms with E-state index < -0.39 is 5.60 Å². The molecule has 0 saturated carbocycles. The van der Waals surface area contributed by atoms with Crippen molar-refractivity contribution >= 4 is 23.0 Å². The molecule has 1 aliphatic heterocycles. The summed E-state index contributed by atoms with van der Waals surface area (Å²) in [7, 11) is 0. The van der Waals surface area contributed by atoms with Crippen molar-refractivity contribution in [2.45, 2.75) is 97.0 Å². The first-order valence-electron chi connectivity index (χ1n) is 10.0. The van der Waals surface area contributed by atoms with Crippen LogP contribution in [0, 0.1) is 5.92 Å². The Morgan fingerprint density at radius 3 is 2.12 bits per heavy atom. The fourth-order valence-corrected chi connectivity index (χ4v) is 4.13. The molecule has 1 fully saturated rings. The summed E-state index contributed by atoms with van der Waals surface area (Å²) in [5.41, 5.74) is -0.421. The van der Waals surface area contributed by atoms with Crippen LogP contribution in [0.2, 0.25) is 0 Å². The first kappa shape index (κ1) is 22.3. The van der Waals surface area contributed by atoms with E-state index in [1.165, 1.54) is 56.7 Å². The standard InChI is InChI=1S/C20H37NO3S/c1-20(2,3)24-19(23)21-15-12-10-8-6-4-5-7-9-11-13-17-14-16-25-18(17)22/h17H,4-16H2,1-3H3,(H,21,23). The highest BCUT2D eigenvalue weighted by Gasteiger charge is 2.24. The molecule has 1 amide bonds. The van der Waals surface area contributed by atoms with Gasteiger partial charge in [-0.15, -0.1) is 0 Å². The van der Waals surface area contributed by atoms with Gasteiger partial charge in [0.05, 0.1) is 0 Å². The van der Waals surface area contributed by atoms with Crippen molar-refractivity contribution < 1.29 is 14.3 Å². The average Bonchev–Trinajstić information content (AvgIpc) is 2.92. The molecule has 0 aromatic heterocycles. The van der Waals surface area contributed by atoms with Crippen LogP contribution in [-0.4, -0.2) is 29.1 Å². The van der Waals surface area contributed by atoms with Crippen molar-refractivity contribution in [1.29, 1.82) is 0 Å². The minimum absolute atomic E-state index is 0.314. The number of thioether (sulfide) groups is 1. The van der Waals surface area contributed by atoms with Gasteiger partial charge < -0.3 is 10.1 Å². The minimum atomic E-state index is -0.421. The fourth-order valence-electron chi connectivity index (χ4n) is 3.06. The first-order valence-corrected chi connectivity index (χ1v) is 11.0. The number of nitrogens with one attached hydrogen (secondary N) is 1. The zero-order valence-corrected chi connectivity index (χ0v) is 17.2. The first-order chi connectivity index (χ1) is 11.9. The molecule has 1 heterocycles. The lowest BCUT2D eigenvalue weighted by Gasteiger charge is -2.19. The lowest BCUT2D eigenvalue weighted by atomic mass is 9.99. The molecule has 5 heteroatoms. The molecular formula is C20H37NO3S. The van der Waals surface area contributed by atoms with Gasteiger partial charge in [-0.2, -0.15) is 0 Å². The van der Waals surface area contributed by atoms with E-state index in [1.54, 1.807) is 0 Å². The maximum Gasteiger partial charge on any atom is 0.407 e. The normalized spacial score (nSPS) is 17.7. The largest absolute Gasteiger partial charge is 0.444 e. The summed E-state index contributed by atoms with van der Waals surface area (Å²) in [6, 6.07) is 0. The van der Waals surface area contributed by atoms with Crippen LogP contribution in [0.15, 0.2) is 0 Å². The van der Waals surface area contributed by atoms with Crippen LogP contribution in [0.4, 0.5) is 4.79 Å². The Balaban J connectivity index is 1.78. The van der Waals surface area contributed by atoms with Crippen molar-refractivity contribution in [1.82, 2.24) is 5.32 Å². The van der Waals surface area contributed by atoms with Gasteiger partial charge in [0.1, 0.15) is 5.60 Å². The molecule has 1 aliphatic rings. The number of carbonyl (C=O) groups excluding carboxylic acids is 2. The highest BCUT2D eigenvalue weighted by Crippen LogP contribution is 2.29. The topological polar surface area (TPSA) is 55.4 Å². The van der Waals surface area contributed by atoms with Gasteiger partial charge in [0, 0.05) is 18.2 Å². The summed E-state index contributed by atoms with van der Waals surface area (Å²) in [5, 5.41) is 3.24. The SMILES string of the molecule is CC(C)(C)OC(=O)NCCCCCCCCCCCC1CCSC1=O. The van der Waals surface area contributed by atoms with Gasteiger partial charge in [0.15, 0.2) is 5.12 Å². The number of unbranched alkanes of at least 4 members (excludes halogenated alkanes) is 8. The molecule has 1 atom stereocenters. The highest BCUT2D eigenvalue weighted by molar-refractivity contribution is 8.14. The number of ether oxygens (including phenoxy) is 1. The number of hydrogen-bond donors (Lipinski definition) is 1. The third-order valence-corrected chi connectivity index (χ3v) is 5.50. The zero-order valence-electron chi connectivity index (χ0n) is 16.4. The quantitative estimate of drug-likeness (QED) is 0.448. The fraction of sp³-hybridized carbons (Fsp3) is 0.900.